The summed E-state index contributed by atoms with van der Waals surface area (Å²) in [6, 6.07) is 7.19. The van der Waals surface area contributed by atoms with Crippen LogP contribution in [0.1, 0.15) is 60.2 Å². The molecule has 1 aromatic carbocycles. The lowest BCUT2D eigenvalue weighted by atomic mass is 9.73. The van der Waals surface area contributed by atoms with Gasteiger partial charge in [-0.05, 0) is 50.2 Å². The van der Waals surface area contributed by atoms with Gasteiger partial charge in [0.05, 0.1) is 11.1 Å². The van der Waals surface area contributed by atoms with E-state index in [4.69, 9.17) is 0 Å². The third kappa shape index (κ3) is 2.31. The van der Waals surface area contributed by atoms with E-state index in [1.54, 1.807) is 12.1 Å². The van der Waals surface area contributed by atoms with Crippen molar-refractivity contribution in [2.45, 2.75) is 45.6 Å². The topological polar surface area (TPSA) is 37.4 Å². The zero-order valence-corrected chi connectivity index (χ0v) is 12.6. The summed E-state index contributed by atoms with van der Waals surface area (Å²) in [5.41, 5.74) is 1.33. The van der Waals surface area contributed by atoms with E-state index in [-0.39, 0.29) is 23.3 Å². The maximum absolute atomic E-state index is 12.5. The highest BCUT2D eigenvalue weighted by molar-refractivity contribution is 6.21. The lowest BCUT2D eigenvalue weighted by Crippen LogP contribution is -2.43. The number of amides is 2. The first-order chi connectivity index (χ1) is 10.1. The maximum Gasteiger partial charge on any atom is 0.261 e. The zero-order chi connectivity index (χ0) is 15.0. The van der Waals surface area contributed by atoms with E-state index in [9.17, 15) is 9.59 Å². The number of carbonyl (C=O) groups is 2. The first-order valence-corrected chi connectivity index (χ1v) is 7.66. The highest BCUT2D eigenvalue weighted by Gasteiger charge is 2.42. The molecule has 110 valence electrons. The van der Waals surface area contributed by atoms with Gasteiger partial charge in [-0.1, -0.05) is 31.2 Å². The number of rotatable bonds is 2. The van der Waals surface area contributed by atoms with Gasteiger partial charge in [-0.15, -0.1) is 0 Å². The molecule has 3 nitrogen and oxygen atoms in total. The predicted octanol–water partition coefficient (Wildman–Crippen LogP) is 3.81. The second-order valence-electron chi connectivity index (χ2n) is 6.41. The standard InChI is InChI=1S/C18H21NO2/c1-3-10-18(2)11-8-13(9-12-18)19-16(20)14-6-4-5-7-15(14)17(19)21/h3-7,10,13H,8-9,11-12H2,1-2H3/b10-3+. The maximum atomic E-state index is 12.5. The molecule has 0 aromatic heterocycles. The number of allylic oxidation sites excluding steroid dienone is 2. The molecule has 1 fully saturated rings. The van der Waals surface area contributed by atoms with E-state index in [0.29, 0.717) is 11.1 Å². The number of imide groups is 1. The van der Waals surface area contributed by atoms with Crippen LogP contribution in [0.2, 0.25) is 0 Å². The van der Waals surface area contributed by atoms with Crippen molar-refractivity contribution in [3.63, 3.8) is 0 Å². The molecule has 0 saturated heterocycles. The van der Waals surface area contributed by atoms with Gasteiger partial charge >= 0.3 is 0 Å². The van der Waals surface area contributed by atoms with Crippen LogP contribution in [0.15, 0.2) is 36.4 Å². The molecule has 1 aliphatic heterocycles. The number of benzene rings is 1. The third-order valence-electron chi connectivity index (χ3n) is 4.86. The van der Waals surface area contributed by atoms with Crippen LogP contribution in [0.4, 0.5) is 0 Å². The second-order valence-corrected chi connectivity index (χ2v) is 6.41. The van der Waals surface area contributed by atoms with Crippen LogP contribution in [0.25, 0.3) is 0 Å². The molecular formula is C18H21NO2. The van der Waals surface area contributed by atoms with Crippen LogP contribution in [0.3, 0.4) is 0 Å². The van der Waals surface area contributed by atoms with E-state index in [2.05, 4.69) is 19.1 Å². The van der Waals surface area contributed by atoms with Crippen molar-refractivity contribution in [3.8, 4) is 0 Å². The molecule has 0 unspecified atom stereocenters. The quantitative estimate of drug-likeness (QED) is 0.611. The average Bonchev–Trinajstić information content (AvgIpc) is 2.73. The smallest absolute Gasteiger partial charge is 0.261 e. The fourth-order valence-corrected chi connectivity index (χ4v) is 3.63. The molecule has 0 radical (unpaired) electrons. The SMILES string of the molecule is C/C=C/C1(C)CCC(N2C(=O)c3ccccc3C2=O)CC1. The number of hydrogen-bond donors (Lipinski definition) is 0. The van der Waals surface area contributed by atoms with Gasteiger partial charge < -0.3 is 0 Å². The Morgan fingerprint density at radius 2 is 1.62 bits per heavy atom. The fraction of sp³-hybridized carbons (Fsp3) is 0.444. The average molecular weight is 283 g/mol. The largest absolute Gasteiger partial charge is 0.271 e. The van der Waals surface area contributed by atoms with Crippen LogP contribution in [-0.2, 0) is 0 Å². The van der Waals surface area contributed by atoms with Crippen molar-refractivity contribution in [2.24, 2.45) is 5.41 Å². The summed E-state index contributed by atoms with van der Waals surface area (Å²) < 4.78 is 0. The van der Waals surface area contributed by atoms with E-state index in [0.717, 1.165) is 25.7 Å². The van der Waals surface area contributed by atoms with Gasteiger partial charge in [0, 0.05) is 6.04 Å². The summed E-state index contributed by atoms with van der Waals surface area (Å²) in [6.45, 7) is 4.30. The number of nitrogens with zero attached hydrogens (tertiary/aromatic N) is 1. The van der Waals surface area contributed by atoms with Crippen LogP contribution in [0.5, 0.6) is 0 Å². The number of fused-ring (bicyclic) bond motifs is 1. The van der Waals surface area contributed by atoms with E-state index in [1.165, 1.54) is 4.90 Å². The van der Waals surface area contributed by atoms with E-state index in [1.807, 2.05) is 19.1 Å². The number of hydrogen-bond acceptors (Lipinski definition) is 2. The van der Waals surface area contributed by atoms with Crippen molar-refractivity contribution in [1.29, 1.82) is 0 Å². The van der Waals surface area contributed by atoms with E-state index < -0.39 is 0 Å². The van der Waals surface area contributed by atoms with Crippen molar-refractivity contribution >= 4 is 11.8 Å². The second kappa shape index (κ2) is 5.14. The lowest BCUT2D eigenvalue weighted by molar-refractivity contribution is 0.0510. The summed E-state index contributed by atoms with van der Waals surface area (Å²) in [7, 11) is 0. The van der Waals surface area contributed by atoms with Crippen LogP contribution in [-0.4, -0.2) is 22.8 Å². The molecule has 1 aliphatic carbocycles. The molecule has 21 heavy (non-hydrogen) atoms. The Kier molecular flexibility index (Phi) is 3.44. The highest BCUT2D eigenvalue weighted by atomic mass is 16.2. The Morgan fingerprint density at radius 3 is 2.10 bits per heavy atom. The molecule has 1 saturated carbocycles. The van der Waals surface area contributed by atoms with Gasteiger partial charge in [0.25, 0.3) is 11.8 Å². The predicted molar refractivity (Wildman–Crippen MR) is 82.1 cm³/mol. The summed E-state index contributed by atoms with van der Waals surface area (Å²) in [6.07, 6.45) is 8.19. The lowest BCUT2D eigenvalue weighted by Gasteiger charge is -2.38. The molecule has 1 heterocycles. The molecule has 0 atom stereocenters. The third-order valence-corrected chi connectivity index (χ3v) is 4.86. The first kappa shape index (κ1) is 14.1. The molecule has 3 rings (SSSR count). The molecule has 0 N–H and O–H groups in total. The number of carbonyl (C=O) groups excluding carboxylic acids is 2. The van der Waals surface area contributed by atoms with E-state index >= 15 is 0 Å². The molecule has 0 spiro atoms. The Bertz CT molecular complexity index is 574. The fourth-order valence-electron chi connectivity index (χ4n) is 3.63. The molecule has 0 bridgehead atoms. The van der Waals surface area contributed by atoms with Gasteiger partial charge in [-0.2, -0.15) is 0 Å². The monoisotopic (exact) mass is 283 g/mol. The summed E-state index contributed by atoms with van der Waals surface area (Å²) >= 11 is 0. The molecule has 3 heteroatoms. The zero-order valence-electron chi connectivity index (χ0n) is 12.6. The molecule has 2 aliphatic rings. The Hall–Kier alpha value is -1.90. The molecule has 1 aromatic rings. The Labute approximate surface area is 125 Å². The molecular weight excluding hydrogens is 262 g/mol. The summed E-state index contributed by atoms with van der Waals surface area (Å²) in [5.74, 6) is -0.231. The Balaban J connectivity index is 1.79. The minimum atomic E-state index is -0.116. The van der Waals surface area contributed by atoms with Gasteiger partial charge in [0.15, 0.2) is 0 Å². The first-order valence-electron chi connectivity index (χ1n) is 7.66. The summed E-state index contributed by atoms with van der Waals surface area (Å²) in [4.78, 5) is 26.5. The van der Waals surface area contributed by atoms with Crippen molar-refractivity contribution in [1.82, 2.24) is 4.90 Å². The van der Waals surface area contributed by atoms with Gasteiger partial charge in [0.1, 0.15) is 0 Å². The minimum absolute atomic E-state index is 0.0516. The minimum Gasteiger partial charge on any atom is -0.271 e. The van der Waals surface area contributed by atoms with Crippen LogP contribution >= 0.6 is 0 Å². The van der Waals surface area contributed by atoms with Gasteiger partial charge in [-0.25, -0.2) is 0 Å². The normalized spacial score (nSPS) is 29.2. The van der Waals surface area contributed by atoms with Crippen molar-refractivity contribution in [3.05, 3.63) is 47.5 Å². The van der Waals surface area contributed by atoms with Crippen LogP contribution < -0.4 is 0 Å². The summed E-state index contributed by atoms with van der Waals surface area (Å²) in [5, 5.41) is 0. The highest BCUT2D eigenvalue weighted by Crippen LogP contribution is 2.40. The van der Waals surface area contributed by atoms with Crippen LogP contribution in [0, 0.1) is 5.41 Å². The van der Waals surface area contributed by atoms with Gasteiger partial charge in [-0.3, -0.25) is 14.5 Å². The molecule has 2 amide bonds. The van der Waals surface area contributed by atoms with Crippen molar-refractivity contribution in [2.75, 3.05) is 0 Å². The Morgan fingerprint density at radius 1 is 1.10 bits per heavy atom. The van der Waals surface area contributed by atoms with Gasteiger partial charge in [0.2, 0.25) is 0 Å². The van der Waals surface area contributed by atoms with Crippen molar-refractivity contribution < 1.29 is 9.59 Å².